The van der Waals surface area contributed by atoms with E-state index in [9.17, 15) is 14.4 Å². The number of carbonyl (C=O) groups excluding carboxylic acids is 3. The zero-order chi connectivity index (χ0) is 29.6. The molecule has 2 unspecified atom stereocenters. The van der Waals surface area contributed by atoms with Gasteiger partial charge in [-0.05, 0) is 60.4 Å². The first kappa shape index (κ1) is 28.9. The maximum Gasteiger partial charge on any atom is 0.412 e. The number of hydrogen-bond acceptors (Lipinski definition) is 8. The molecule has 220 valence electrons. The zero-order valence-corrected chi connectivity index (χ0v) is 25.0. The summed E-state index contributed by atoms with van der Waals surface area (Å²) in [6.07, 6.45) is 8.67. The van der Waals surface area contributed by atoms with Gasteiger partial charge in [0.25, 0.3) is 11.8 Å². The second-order valence-electron chi connectivity index (χ2n) is 10.4. The Balaban J connectivity index is 1.27. The second-order valence-corrected chi connectivity index (χ2v) is 12.4. The highest BCUT2D eigenvalue weighted by Gasteiger charge is 2.45. The number of rotatable bonds is 8. The van der Waals surface area contributed by atoms with Crippen LogP contribution < -0.4 is 10.2 Å². The first-order valence-corrected chi connectivity index (χ1v) is 16.2. The quantitative estimate of drug-likeness (QED) is 0.248. The van der Waals surface area contributed by atoms with Crippen LogP contribution in [0.4, 0.5) is 15.6 Å². The molecular formula is C32H31N5O4S2. The summed E-state index contributed by atoms with van der Waals surface area (Å²) in [6.45, 7) is 0.0887. The Kier molecular flexibility index (Phi) is 8.99. The van der Waals surface area contributed by atoms with Crippen LogP contribution in [0.15, 0.2) is 90.7 Å². The van der Waals surface area contributed by atoms with Crippen molar-refractivity contribution in [3.8, 4) is 0 Å². The molecule has 1 saturated heterocycles. The molecule has 1 N–H and O–H groups in total. The number of amides is 3. The number of pyridine rings is 1. The van der Waals surface area contributed by atoms with Crippen molar-refractivity contribution < 1.29 is 19.1 Å². The van der Waals surface area contributed by atoms with Gasteiger partial charge in [0.1, 0.15) is 18.0 Å². The number of ether oxygens (including phenoxy) is 1. The third-order valence-electron chi connectivity index (χ3n) is 7.60. The highest BCUT2D eigenvalue weighted by atomic mass is 32.2. The molecule has 3 amide bonds. The smallest absolute Gasteiger partial charge is 0.412 e. The monoisotopic (exact) mass is 613 g/mol. The first-order chi connectivity index (χ1) is 21.1. The van der Waals surface area contributed by atoms with Crippen LogP contribution in [-0.2, 0) is 16.1 Å². The second kappa shape index (κ2) is 13.4. The Labute approximate surface area is 258 Å². The zero-order valence-electron chi connectivity index (χ0n) is 23.4. The van der Waals surface area contributed by atoms with Gasteiger partial charge in [0, 0.05) is 41.3 Å². The molecule has 9 nitrogen and oxygen atoms in total. The van der Waals surface area contributed by atoms with E-state index >= 15 is 0 Å². The van der Waals surface area contributed by atoms with Crippen molar-refractivity contribution in [3.05, 3.63) is 107 Å². The normalized spacial score (nSPS) is 18.4. The van der Waals surface area contributed by atoms with E-state index in [2.05, 4.69) is 15.3 Å². The number of carbonyl (C=O) groups is 3. The topological polar surface area (TPSA) is 105 Å². The molecule has 2 fully saturated rings. The number of nitrogens with one attached hydrogen (secondary N) is 1. The van der Waals surface area contributed by atoms with Crippen LogP contribution >= 0.6 is 23.1 Å². The summed E-state index contributed by atoms with van der Waals surface area (Å²) < 4.78 is 5.75. The number of aromatic nitrogens is 2. The standard InChI is InChI=1S/C32H31N5O4S2/c38-28(35-25-8-4-5-9-25)23-10-12-26(13-11-23)36(31-34-18-19-42-31)29(39)27-21-43-30(24-14-16-33-17-15-24)37(27)32(40)41-20-22-6-2-1-3-7-22/h1-3,6-7,10-19,25,27,30H,4-5,8-9,20-21H2,(H,35,38). The van der Waals surface area contributed by atoms with Gasteiger partial charge in [-0.2, -0.15) is 0 Å². The molecule has 3 heterocycles. The lowest BCUT2D eigenvalue weighted by Gasteiger charge is -2.31. The molecule has 4 aromatic rings. The lowest BCUT2D eigenvalue weighted by Crippen LogP contribution is -2.48. The molecule has 0 radical (unpaired) electrons. The van der Waals surface area contributed by atoms with Crippen molar-refractivity contribution >= 4 is 51.8 Å². The Morgan fingerprint density at radius 1 is 0.953 bits per heavy atom. The number of thiazole rings is 1. The summed E-state index contributed by atoms with van der Waals surface area (Å²) in [5.74, 6) is -0.0557. The molecule has 2 aromatic carbocycles. The van der Waals surface area contributed by atoms with Crippen LogP contribution in [0.2, 0.25) is 0 Å². The SMILES string of the molecule is O=C(NC1CCCC1)c1ccc(N(C(=O)C2CSC(c3ccncc3)N2C(=O)OCc2ccccc2)c2nccs2)cc1. The van der Waals surface area contributed by atoms with Crippen LogP contribution in [0.5, 0.6) is 0 Å². The van der Waals surface area contributed by atoms with E-state index in [0.29, 0.717) is 22.1 Å². The molecular weight excluding hydrogens is 583 g/mol. The summed E-state index contributed by atoms with van der Waals surface area (Å²) >= 11 is 2.83. The van der Waals surface area contributed by atoms with Crippen LogP contribution in [-0.4, -0.2) is 50.6 Å². The molecule has 1 aliphatic carbocycles. The lowest BCUT2D eigenvalue weighted by atomic mass is 10.1. The number of hydrogen-bond donors (Lipinski definition) is 1. The minimum absolute atomic E-state index is 0.0887. The largest absolute Gasteiger partial charge is 0.444 e. The molecule has 1 aliphatic heterocycles. The van der Waals surface area contributed by atoms with E-state index in [0.717, 1.165) is 36.8 Å². The van der Waals surface area contributed by atoms with Crippen molar-refractivity contribution in [3.63, 3.8) is 0 Å². The highest BCUT2D eigenvalue weighted by molar-refractivity contribution is 7.99. The molecule has 11 heteroatoms. The maximum absolute atomic E-state index is 14.4. The molecule has 2 aromatic heterocycles. The molecule has 2 atom stereocenters. The van der Waals surface area contributed by atoms with Gasteiger partial charge in [0.05, 0.1) is 5.69 Å². The van der Waals surface area contributed by atoms with Crippen LogP contribution in [0, 0.1) is 0 Å². The Morgan fingerprint density at radius 3 is 2.40 bits per heavy atom. The first-order valence-electron chi connectivity index (χ1n) is 14.2. The third-order valence-corrected chi connectivity index (χ3v) is 9.68. The summed E-state index contributed by atoms with van der Waals surface area (Å²) in [7, 11) is 0. The van der Waals surface area contributed by atoms with Crippen molar-refractivity contribution in [2.75, 3.05) is 10.7 Å². The van der Waals surface area contributed by atoms with Gasteiger partial charge in [-0.25, -0.2) is 9.78 Å². The van der Waals surface area contributed by atoms with E-state index in [1.165, 1.54) is 32.9 Å². The average molecular weight is 614 g/mol. The van der Waals surface area contributed by atoms with Crippen molar-refractivity contribution in [1.29, 1.82) is 0 Å². The van der Waals surface area contributed by atoms with E-state index in [1.807, 2.05) is 42.5 Å². The Morgan fingerprint density at radius 2 is 1.70 bits per heavy atom. The fraction of sp³-hybridized carbons (Fsp3) is 0.281. The molecule has 0 bridgehead atoms. The predicted molar refractivity (Wildman–Crippen MR) is 167 cm³/mol. The van der Waals surface area contributed by atoms with E-state index < -0.39 is 17.5 Å². The van der Waals surface area contributed by atoms with Crippen molar-refractivity contribution in [1.82, 2.24) is 20.2 Å². The van der Waals surface area contributed by atoms with Gasteiger partial charge in [-0.15, -0.1) is 23.1 Å². The molecule has 1 saturated carbocycles. The lowest BCUT2D eigenvalue weighted by molar-refractivity contribution is -0.121. The highest BCUT2D eigenvalue weighted by Crippen LogP contribution is 2.43. The number of benzene rings is 2. The van der Waals surface area contributed by atoms with Gasteiger partial charge in [-0.3, -0.25) is 24.4 Å². The maximum atomic E-state index is 14.4. The van der Waals surface area contributed by atoms with Gasteiger partial charge in [0.2, 0.25) is 0 Å². The minimum atomic E-state index is -0.819. The van der Waals surface area contributed by atoms with Gasteiger partial charge >= 0.3 is 6.09 Å². The van der Waals surface area contributed by atoms with Gasteiger partial charge in [-0.1, -0.05) is 43.2 Å². The summed E-state index contributed by atoms with van der Waals surface area (Å²) in [5.41, 5.74) is 2.80. The minimum Gasteiger partial charge on any atom is -0.444 e. The number of thioether (sulfide) groups is 1. The summed E-state index contributed by atoms with van der Waals surface area (Å²) in [6, 6.07) is 19.5. The molecule has 6 rings (SSSR count). The number of nitrogens with zero attached hydrogens (tertiary/aromatic N) is 4. The molecule has 43 heavy (non-hydrogen) atoms. The van der Waals surface area contributed by atoms with E-state index in [4.69, 9.17) is 4.74 Å². The summed E-state index contributed by atoms with van der Waals surface area (Å²) in [5, 5.41) is 4.95. The predicted octanol–water partition coefficient (Wildman–Crippen LogP) is 6.33. The van der Waals surface area contributed by atoms with Crippen LogP contribution in [0.3, 0.4) is 0 Å². The van der Waals surface area contributed by atoms with E-state index in [-0.39, 0.29) is 24.5 Å². The molecule has 2 aliphatic rings. The average Bonchev–Trinajstić information content (AvgIpc) is 3.84. The Hall–Kier alpha value is -4.22. The van der Waals surface area contributed by atoms with Crippen molar-refractivity contribution in [2.45, 2.75) is 49.7 Å². The summed E-state index contributed by atoms with van der Waals surface area (Å²) in [4.78, 5) is 52.5. The molecule has 0 spiro atoms. The third kappa shape index (κ3) is 6.57. The fourth-order valence-electron chi connectivity index (χ4n) is 5.41. The Bertz CT molecular complexity index is 1530. The van der Waals surface area contributed by atoms with Crippen LogP contribution in [0.1, 0.15) is 52.5 Å². The van der Waals surface area contributed by atoms with Gasteiger partial charge < -0.3 is 10.1 Å². The number of anilines is 2. The van der Waals surface area contributed by atoms with Crippen LogP contribution in [0.25, 0.3) is 0 Å². The van der Waals surface area contributed by atoms with E-state index in [1.54, 1.807) is 48.2 Å². The fourth-order valence-corrected chi connectivity index (χ4v) is 7.48. The van der Waals surface area contributed by atoms with Crippen molar-refractivity contribution in [2.24, 2.45) is 0 Å². The van der Waals surface area contributed by atoms with Gasteiger partial charge in [0.15, 0.2) is 5.13 Å².